The number of nitrogens with one attached hydrogen (secondary N) is 4. The molecule has 0 spiro atoms. The third-order valence-electron chi connectivity index (χ3n) is 4.39. The number of hydrogen-bond donors (Lipinski definition) is 8. The van der Waals surface area contributed by atoms with Gasteiger partial charge in [-0.25, -0.2) is 9.78 Å². The molecule has 0 saturated carbocycles. The second kappa shape index (κ2) is 12.4. The summed E-state index contributed by atoms with van der Waals surface area (Å²) < 4.78 is 0. The van der Waals surface area contributed by atoms with Gasteiger partial charge in [0.05, 0.1) is 25.4 Å². The topological polar surface area (TPSA) is 237 Å². The number of aromatic nitrogens is 2. The first-order chi connectivity index (χ1) is 15.0. The van der Waals surface area contributed by atoms with Crippen LogP contribution in [0.4, 0.5) is 0 Å². The third-order valence-corrected chi connectivity index (χ3v) is 4.39. The number of aliphatic hydroxyl groups is 1. The number of imidazole rings is 1. The Kier molecular flexibility index (Phi) is 10.2. The number of nitrogens with zero attached hydrogens (tertiary/aromatic N) is 1. The van der Waals surface area contributed by atoms with Crippen LogP contribution in [-0.4, -0.2) is 85.7 Å². The molecule has 4 atom stereocenters. The lowest BCUT2D eigenvalue weighted by Crippen LogP contribution is -2.59. The third kappa shape index (κ3) is 8.31. The summed E-state index contributed by atoms with van der Waals surface area (Å²) in [5.74, 6) is -6.08. The van der Waals surface area contributed by atoms with Gasteiger partial charge in [-0.05, 0) is 5.92 Å². The quantitative estimate of drug-likeness (QED) is 0.149. The van der Waals surface area contributed by atoms with Crippen molar-refractivity contribution in [1.82, 2.24) is 25.9 Å². The summed E-state index contributed by atoms with van der Waals surface area (Å²) in [5, 5.41) is 34.2. The summed E-state index contributed by atoms with van der Waals surface area (Å²) >= 11 is 0. The summed E-state index contributed by atoms with van der Waals surface area (Å²) in [6.07, 6.45) is 2.05. The van der Waals surface area contributed by atoms with E-state index >= 15 is 0 Å². The molecule has 0 aromatic carbocycles. The molecule has 1 rings (SSSR count). The van der Waals surface area contributed by atoms with Gasteiger partial charge >= 0.3 is 11.9 Å². The first kappa shape index (κ1) is 26.5. The molecule has 0 bridgehead atoms. The molecule has 14 nitrogen and oxygen atoms in total. The van der Waals surface area contributed by atoms with E-state index < -0.39 is 72.8 Å². The van der Waals surface area contributed by atoms with Gasteiger partial charge in [-0.15, -0.1) is 0 Å². The van der Waals surface area contributed by atoms with Gasteiger partial charge in [-0.1, -0.05) is 13.8 Å². The highest BCUT2D eigenvalue weighted by Crippen LogP contribution is 2.03. The normalized spacial score (nSPS) is 14.7. The van der Waals surface area contributed by atoms with Gasteiger partial charge in [0.15, 0.2) is 0 Å². The smallest absolute Gasteiger partial charge is 0.326 e. The van der Waals surface area contributed by atoms with Crippen molar-refractivity contribution >= 4 is 29.7 Å². The van der Waals surface area contributed by atoms with Crippen LogP contribution >= 0.6 is 0 Å². The lowest BCUT2D eigenvalue weighted by molar-refractivity contribution is -0.144. The highest BCUT2D eigenvalue weighted by Gasteiger charge is 2.32. The number of hydrogen-bond acceptors (Lipinski definition) is 8. The highest BCUT2D eigenvalue weighted by molar-refractivity contribution is 5.95. The molecule has 178 valence electrons. The maximum atomic E-state index is 12.5. The van der Waals surface area contributed by atoms with Gasteiger partial charge < -0.3 is 42.0 Å². The van der Waals surface area contributed by atoms with Crippen molar-refractivity contribution < 1.29 is 39.3 Å². The molecule has 32 heavy (non-hydrogen) atoms. The number of rotatable bonds is 13. The lowest BCUT2D eigenvalue weighted by Gasteiger charge is -2.24. The lowest BCUT2D eigenvalue weighted by atomic mass is 10.0. The Labute approximate surface area is 183 Å². The van der Waals surface area contributed by atoms with Crippen LogP contribution in [0.3, 0.4) is 0 Å². The number of carbonyl (C=O) groups is 5. The molecule has 1 aromatic heterocycles. The zero-order valence-electron chi connectivity index (χ0n) is 17.6. The SMILES string of the molecule is CC(C)C(NC(=O)C(CO)NC(=O)C(CC(=O)O)NC(=O)C(N)Cc1cnc[nH]1)C(=O)O. The van der Waals surface area contributed by atoms with Gasteiger partial charge in [-0.3, -0.25) is 19.2 Å². The molecular formula is C18H28N6O8. The number of aliphatic carboxylic acids is 2. The Hall–Kier alpha value is -3.52. The molecule has 9 N–H and O–H groups in total. The average Bonchev–Trinajstić information content (AvgIpc) is 3.21. The van der Waals surface area contributed by atoms with Crippen molar-refractivity contribution in [2.45, 2.75) is 50.9 Å². The van der Waals surface area contributed by atoms with Gasteiger partial charge in [0.25, 0.3) is 0 Å². The second-order valence-electron chi connectivity index (χ2n) is 7.36. The molecule has 3 amide bonds. The monoisotopic (exact) mass is 456 g/mol. The van der Waals surface area contributed by atoms with Crippen LogP contribution in [0.2, 0.25) is 0 Å². The van der Waals surface area contributed by atoms with Gasteiger partial charge in [0, 0.05) is 18.3 Å². The standard InChI is InChI=1S/C18H28N6O8/c1-8(2)14(18(31)32)24-17(30)12(6-25)23-16(29)11(4-13(26)27)22-15(28)10(19)3-9-5-20-7-21-9/h5,7-8,10-12,14,25H,3-4,6,19H2,1-2H3,(H,20,21)(H,22,28)(H,23,29)(H,24,30)(H,26,27)(H,31,32). The van der Waals surface area contributed by atoms with E-state index in [1.54, 1.807) is 13.8 Å². The van der Waals surface area contributed by atoms with E-state index in [-0.39, 0.29) is 6.42 Å². The van der Waals surface area contributed by atoms with E-state index in [0.717, 1.165) is 0 Å². The highest BCUT2D eigenvalue weighted by atomic mass is 16.4. The summed E-state index contributed by atoms with van der Waals surface area (Å²) in [5.41, 5.74) is 6.32. The number of H-pyrrole nitrogens is 1. The number of carboxylic acid groups (broad SMARTS) is 2. The largest absolute Gasteiger partial charge is 0.481 e. The van der Waals surface area contributed by atoms with Crippen molar-refractivity contribution in [3.8, 4) is 0 Å². The van der Waals surface area contributed by atoms with Crippen molar-refractivity contribution in [3.05, 3.63) is 18.2 Å². The van der Waals surface area contributed by atoms with Crippen LogP contribution in [0.15, 0.2) is 12.5 Å². The minimum atomic E-state index is -1.60. The maximum absolute atomic E-state index is 12.5. The van der Waals surface area contributed by atoms with Gasteiger partial charge in [-0.2, -0.15) is 0 Å². The van der Waals surface area contributed by atoms with E-state index in [1.165, 1.54) is 12.5 Å². The number of carbonyl (C=O) groups excluding carboxylic acids is 3. The molecule has 0 fully saturated rings. The minimum Gasteiger partial charge on any atom is -0.481 e. The Morgan fingerprint density at radius 2 is 1.62 bits per heavy atom. The van der Waals surface area contributed by atoms with Crippen LogP contribution in [0.25, 0.3) is 0 Å². The molecule has 4 unspecified atom stereocenters. The summed E-state index contributed by atoms with van der Waals surface area (Å²) in [4.78, 5) is 66.1. The molecule has 1 heterocycles. The van der Waals surface area contributed by atoms with Crippen LogP contribution in [-0.2, 0) is 30.4 Å². The van der Waals surface area contributed by atoms with Crippen LogP contribution in [0.1, 0.15) is 26.0 Å². The molecule has 1 aromatic rings. The summed E-state index contributed by atoms with van der Waals surface area (Å²) in [6, 6.07) is -5.58. The number of nitrogens with two attached hydrogens (primary N) is 1. The average molecular weight is 456 g/mol. The Bertz CT molecular complexity index is 812. The van der Waals surface area contributed by atoms with E-state index in [0.29, 0.717) is 5.69 Å². The summed E-state index contributed by atoms with van der Waals surface area (Å²) in [6.45, 7) is 2.21. The summed E-state index contributed by atoms with van der Waals surface area (Å²) in [7, 11) is 0. The van der Waals surface area contributed by atoms with Crippen LogP contribution in [0, 0.1) is 5.92 Å². The van der Waals surface area contributed by atoms with Crippen molar-refractivity contribution in [1.29, 1.82) is 0 Å². The molecule has 0 saturated heterocycles. The van der Waals surface area contributed by atoms with E-state index in [9.17, 15) is 29.1 Å². The fourth-order valence-corrected chi connectivity index (χ4v) is 2.62. The second-order valence-corrected chi connectivity index (χ2v) is 7.36. The zero-order chi connectivity index (χ0) is 24.4. The number of amides is 3. The number of aromatic amines is 1. The van der Waals surface area contributed by atoms with Crippen molar-refractivity contribution in [3.63, 3.8) is 0 Å². The Balaban J connectivity index is 2.83. The van der Waals surface area contributed by atoms with Crippen molar-refractivity contribution in [2.24, 2.45) is 11.7 Å². The predicted molar refractivity (Wildman–Crippen MR) is 108 cm³/mol. The Morgan fingerprint density at radius 1 is 1.03 bits per heavy atom. The van der Waals surface area contributed by atoms with Gasteiger partial charge in [0.1, 0.15) is 18.1 Å². The molecule has 14 heteroatoms. The fraction of sp³-hybridized carbons (Fsp3) is 0.556. The molecule has 0 aliphatic heterocycles. The molecule has 0 aliphatic carbocycles. The van der Waals surface area contributed by atoms with Crippen LogP contribution < -0.4 is 21.7 Å². The number of aliphatic hydroxyl groups excluding tert-OH is 1. The zero-order valence-corrected chi connectivity index (χ0v) is 17.6. The minimum absolute atomic E-state index is 0.0424. The predicted octanol–water partition coefficient (Wildman–Crippen LogP) is -3.06. The fourth-order valence-electron chi connectivity index (χ4n) is 2.62. The Morgan fingerprint density at radius 3 is 2.09 bits per heavy atom. The molecular weight excluding hydrogens is 428 g/mol. The van der Waals surface area contributed by atoms with Gasteiger partial charge in [0.2, 0.25) is 17.7 Å². The van der Waals surface area contributed by atoms with E-state index in [1.807, 2.05) is 0 Å². The first-order valence-electron chi connectivity index (χ1n) is 9.65. The first-order valence-corrected chi connectivity index (χ1v) is 9.65. The maximum Gasteiger partial charge on any atom is 0.326 e. The molecule has 0 aliphatic rings. The van der Waals surface area contributed by atoms with E-state index in [2.05, 4.69) is 25.9 Å². The molecule has 0 radical (unpaired) electrons. The van der Waals surface area contributed by atoms with Crippen molar-refractivity contribution in [2.75, 3.05) is 6.61 Å². The van der Waals surface area contributed by atoms with E-state index in [4.69, 9.17) is 15.9 Å². The van der Waals surface area contributed by atoms with Crippen LogP contribution in [0.5, 0.6) is 0 Å². The number of carboxylic acids is 2.